The topological polar surface area (TPSA) is 42.4 Å². The van der Waals surface area contributed by atoms with Gasteiger partial charge in [-0.3, -0.25) is 9.88 Å². The normalized spacial score (nSPS) is 10.4. The average molecular weight is 332 g/mol. The number of hydrogen-bond acceptors (Lipinski definition) is 3. The molecule has 0 spiro atoms. The highest BCUT2D eigenvalue weighted by molar-refractivity contribution is 5.89. The number of amides is 1. The number of ether oxygens (including phenoxy) is 1. The van der Waals surface area contributed by atoms with Crippen molar-refractivity contribution >= 4 is 11.8 Å². The van der Waals surface area contributed by atoms with E-state index in [1.807, 2.05) is 62.4 Å². The number of carbonyl (C=O) groups is 1. The van der Waals surface area contributed by atoms with Gasteiger partial charge in [0.2, 0.25) is 0 Å². The van der Waals surface area contributed by atoms with Crippen LogP contribution in [0.1, 0.15) is 11.1 Å². The fraction of sp³-hybridized carbons (Fsp3) is 0.143. The summed E-state index contributed by atoms with van der Waals surface area (Å²) >= 11 is 0. The van der Waals surface area contributed by atoms with E-state index in [4.69, 9.17) is 4.74 Å². The number of aryl methyl sites for hydroxylation is 2. The molecule has 2 aromatic carbocycles. The zero-order valence-corrected chi connectivity index (χ0v) is 14.6. The van der Waals surface area contributed by atoms with E-state index < -0.39 is 6.09 Å². The number of hydrogen-bond donors (Lipinski definition) is 0. The molecule has 1 amide bonds. The summed E-state index contributed by atoms with van der Waals surface area (Å²) in [4.78, 5) is 18.1. The van der Waals surface area contributed by atoms with Gasteiger partial charge in [-0.2, -0.15) is 0 Å². The Balaban J connectivity index is 1.79. The molecule has 0 radical (unpaired) electrons. The molecule has 1 aromatic heterocycles. The van der Waals surface area contributed by atoms with Crippen LogP contribution in [-0.2, 0) is 0 Å². The molecule has 0 atom stereocenters. The summed E-state index contributed by atoms with van der Waals surface area (Å²) in [5.74, 6) is 0.545. The first kappa shape index (κ1) is 16.7. The summed E-state index contributed by atoms with van der Waals surface area (Å²) in [6, 6.07) is 17.2. The Morgan fingerprint density at radius 1 is 0.960 bits per heavy atom. The fourth-order valence-corrected chi connectivity index (χ4v) is 2.48. The average Bonchev–Trinajstić information content (AvgIpc) is 2.65. The molecular weight excluding hydrogens is 312 g/mol. The third kappa shape index (κ3) is 3.86. The smallest absolute Gasteiger partial charge is 0.410 e. The van der Waals surface area contributed by atoms with Gasteiger partial charge in [0.05, 0.1) is 0 Å². The lowest BCUT2D eigenvalue weighted by Gasteiger charge is -2.18. The molecule has 0 unspecified atom stereocenters. The van der Waals surface area contributed by atoms with E-state index in [-0.39, 0.29) is 0 Å². The molecule has 0 aliphatic rings. The summed E-state index contributed by atoms with van der Waals surface area (Å²) in [6.07, 6.45) is 3.11. The highest BCUT2D eigenvalue weighted by Gasteiger charge is 2.14. The maximum atomic E-state index is 12.4. The first-order valence-electron chi connectivity index (χ1n) is 8.08. The third-order valence-corrected chi connectivity index (χ3v) is 4.19. The van der Waals surface area contributed by atoms with Crippen LogP contribution in [0.25, 0.3) is 11.1 Å². The molecule has 0 saturated heterocycles. The van der Waals surface area contributed by atoms with Gasteiger partial charge >= 0.3 is 6.09 Å². The van der Waals surface area contributed by atoms with Crippen LogP contribution in [0.4, 0.5) is 10.5 Å². The highest BCUT2D eigenvalue weighted by atomic mass is 16.6. The number of benzene rings is 2. The van der Waals surface area contributed by atoms with Crippen LogP contribution < -0.4 is 9.64 Å². The second-order valence-electron chi connectivity index (χ2n) is 5.97. The van der Waals surface area contributed by atoms with Crippen molar-refractivity contribution in [1.82, 2.24) is 4.98 Å². The number of carbonyl (C=O) groups excluding carboxylic acids is 1. The van der Waals surface area contributed by atoms with Crippen LogP contribution in [0, 0.1) is 13.8 Å². The molecule has 0 aliphatic heterocycles. The van der Waals surface area contributed by atoms with Gasteiger partial charge < -0.3 is 4.74 Å². The van der Waals surface area contributed by atoms with Gasteiger partial charge in [-0.25, -0.2) is 4.79 Å². The molecule has 3 rings (SSSR count). The van der Waals surface area contributed by atoms with E-state index in [1.54, 1.807) is 25.5 Å². The molecule has 0 bridgehead atoms. The molecule has 4 nitrogen and oxygen atoms in total. The minimum absolute atomic E-state index is 0.424. The quantitative estimate of drug-likeness (QED) is 0.678. The van der Waals surface area contributed by atoms with Gasteiger partial charge in [0.1, 0.15) is 5.75 Å². The van der Waals surface area contributed by atoms with Gasteiger partial charge in [-0.15, -0.1) is 0 Å². The predicted molar refractivity (Wildman–Crippen MR) is 100 cm³/mol. The minimum atomic E-state index is -0.424. The minimum Gasteiger partial charge on any atom is -0.410 e. The van der Waals surface area contributed by atoms with Crippen LogP contribution in [0.5, 0.6) is 5.75 Å². The van der Waals surface area contributed by atoms with Crippen molar-refractivity contribution in [2.24, 2.45) is 0 Å². The predicted octanol–water partition coefficient (Wildman–Crippen LogP) is 5.00. The van der Waals surface area contributed by atoms with E-state index in [0.29, 0.717) is 5.75 Å². The molecule has 126 valence electrons. The maximum absolute atomic E-state index is 12.4. The highest BCUT2D eigenvalue weighted by Crippen LogP contribution is 2.24. The Morgan fingerprint density at radius 2 is 1.76 bits per heavy atom. The number of anilines is 1. The fourth-order valence-electron chi connectivity index (χ4n) is 2.48. The van der Waals surface area contributed by atoms with Crippen molar-refractivity contribution in [3.05, 3.63) is 78.1 Å². The van der Waals surface area contributed by atoms with Crippen molar-refractivity contribution in [2.75, 3.05) is 11.9 Å². The molecule has 0 aliphatic carbocycles. The SMILES string of the molecule is Cc1ccc(OC(=O)N(C)c2cccc(-c3cccnc3)c2)cc1C. The van der Waals surface area contributed by atoms with Gasteiger partial charge in [-0.1, -0.05) is 24.3 Å². The van der Waals surface area contributed by atoms with Crippen molar-refractivity contribution in [2.45, 2.75) is 13.8 Å². The number of aromatic nitrogens is 1. The van der Waals surface area contributed by atoms with Crippen molar-refractivity contribution in [3.8, 4) is 16.9 Å². The van der Waals surface area contributed by atoms with Crippen LogP contribution in [0.3, 0.4) is 0 Å². The zero-order chi connectivity index (χ0) is 17.8. The lowest BCUT2D eigenvalue weighted by Crippen LogP contribution is -2.29. The number of rotatable bonds is 3. The van der Waals surface area contributed by atoms with Crippen molar-refractivity contribution < 1.29 is 9.53 Å². The number of nitrogens with zero attached hydrogens (tertiary/aromatic N) is 2. The number of pyridine rings is 1. The summed E-state index contributed by atoms with van der Waals surface area (Å²) in [5.41, 5.74) is 5.01. The second kappa shape index (κ2) is 7.18. The van der Waals surface area contributed by atoms with Crippen LogP contribution in [0.15, 0.2) is 67.0 Å². The zero-order valence-electron chi connectivity index (χ0n) is 14.6. The van der Waals surface area contributed by atoms with E-state index in [2.05, 4.69) is 4.98 Å². The Labute approximate surface area is 147 Å². The molecule has 0 N–H and O–H groups in total. The van der Waals surface area contributed by atoms with Gasteiger partial charge in [0.15, 0.2) is 0 Å². The second-order valence-corrected chi connectivity index (χ2v) is 5.97. The van der Waals surface area contributed by atoms with E-state index >= 15 is 0 Å². The lowest BCUT2D eigenvalue weighted by atomic mass is 10.1. The summed E-state index contributed by atoms with van der Waals surface area (Å²) in [6.45, 7) is 4.02. The Morgan fingerprint density at radius 3 is 2.48 bits per heavy atom. The summed E-state index contributed by atoms with van der Waals surface area (Å²) in [7, 11) is 1.70. The van der Waals surface area contributed by atoms with E-state index in [9.17, 15) is 4.79 Å². The molecule has 0 fully saturated rings. The van der Waals surface area contributed by atoms with Crippen molar-refractivity contribution in [3.63, 3.8) is 0 Å². The van der Waals surface area contributed by atoms with Gasteiger partial charge in [0.25, 0.3) is 0 Å². The monoisotopic (exact) mass is 332 g/mol. The first-order chi connectivity index (χ1) is 12.0. The van der Waals surface area contributed by atoms with E-state index in [1.165, 1.54) is 4.90 Å². The Bertz CT molecular complexity index is 891. The molecule has 0 saturated carbocycles. The Kier molecular flexibility index (Phi) is 4.80. The van der Waals surface area contributed by atoms with Crippen LogP contribution in [-0.4, -0.2) is 18.1 Å². The van der Waals surface area contributed by atoms with E-state index in [0.717, 1.165) is 27.9 Å². The van der Waals surface area contributed by atoms with Gasteiger partial charge in [0, 0.05) is 30.7 Å². The summed E-state index contributed by atoms with van der Waals surface area (Å²) in [5, 5.41) is 0. The van der Waals surface area contributed by atoms with Crippen LogP contribution >= 0.6 is 0 Å². The lowest BCUT2D eigenvalue weighted by molar-refractivity contribution is 0.209. The van der Waals surface area contributed by atoms with Crippen LogP contribution in [0.2, 0.25) is 0 Å². The summed E-state index contributed by atoms with van der Waals surface area (Å²) < 4.78 is 5.49. The maximum Gasteiger partial charge on any atom is 0.419 e. The molecule has 1 heterocycles. The van der Waals surface area contributed by atoms with Crippen molar-refractivity contribution in [1.29, 1.82) is 0 Å². The largest absolute Gasteiger partial charge is 0.419 e. The standard InChI is InChI=1S/C21H20N2O2/c1-15-9-10-20(12-16(15)2)25-21(24)23(3)19-8-4-6-17(13-19)18-7-5-11-22-14-18/h4-14H,1-3H3. The first-order valence-corrected chi connectivity index (χ1v) is 8.08. The molecule has 4 heteroatoms. The molecule has 3 aromatic rings. The molecular formula is C21H20N2O2. The van der Waals surface area contributed by atoms with Gasteiger partial charge in [-0.05, 0) is 60.9 Å². The molecule has 25 heavy (non-hydrogen) atoms. The third-order valence-electron chi connectivity index (χ3n) is 4.19. The Hall–Kier alpha value is -3.14.